The Kier molecular flexibility index (Phi) is 3.12. The van der Waals surface area contributed by atoms with Crippen LogP contribution in [0, 0.1) is 5.82 Å². The molecule has 0 bridgehead atoms. The van der Waals surface area contributed by atoms with Crippen LogP contribution in [0.2, 0.25) is 5.02 Å². The number of nitrogen functional groups attached to an aromatic ring is 1. The van der Waals surface area contributed by atoms with Crippen LogP contribution in [0.15, 0.2) is 42.7 Å². The normalized spacial score (nSPS) is 10.7. The standard InChI is InChI=1S/C14H10ClFN4/c15-9-6-8(4-5-10(9)16)20-14-13-11(17)2-1-3-12(13)18-7-19-14/h1-7H,17H2,(H,18,19,20). The van der Waals surface area contributed by atoms with Gasteiger partial charge in [0.2, 0.25) is 0 Å². The maximum absolute atomic E-state index is 13.1. The molecule has 6 heteroatoms. The topological polar surface area (TPSA) is 63.8 Å². The van der Waals surface area contributed by atoms with Crippen LogP contribution in [-0.4, -0.2) is 9.97 Å². The number of hydrogen-bond donors (Lipinski definition) is 2. The fourth-order valence-electron chi connectivity index (χ4n) is 1.94. The number of anilines is 3. The highest BCUT2D eigenvalue weighted by Crippen LogP contribution is 2.29. The van der Waals surface area contributed by atoms with Gasteiger partial charge in [0.05, 0.1) is 15.9 Å². The number of nitrogens with zero attached hydrogens (tertiary/aromatic N) is 2. The number of rotatable bonds is 2. The van der Waals surface area contributed by atoms with Crippen LogP contribution in [-0.2, 0) is 0 Å². The molecule has 0 atom stereocenters. The first kappa shape index (κ1) is 12.6. The largest absolute Gasteiger partial charge is 0.398 e. The number of nitrogens with one attached hydrogen (secondary N) is 1. The molecule has 100 valence electrons. The molecular formula is C14H10ClFN4. The van der Waals surface area contributed by atoms with Crippen LogP contribution >= 0.6 is 11.6 Å². The zero-order chi connectivity index (χ0) is 14.1. The smallest absolute Gasteiger partial charge is 0.143 e. The Bertz CT molecular complexity index is 786. The van der Waals surface area contributed by atoms with Gasteiger partial charge in [0.15, 0.2) is 0 Å². The minimum absolute atomic E-state index is 0.0429. The highest BCUT2D eigenvalue weighted by atomic mass is 35.5. The van der Waals surface area contributed by atoms with Crippen LogP contribution in [0.4, 0.5) is 21.6 Å². The summed E-state index contributed by atoms with van der Waals surface area (Å²) in [6.45, 7) is 0. The van der Waals surface area contributed by atoms with E-state index in [1.807, 2.05) is 12.1 Å². The van der Waals surface area contributed by atoms with Crippen molar-refractivity contribution in [3.8, 4) is 0 Å². The van der Waals surface area contributed by atoms with Crippen LogP contribution < -0.4 is 11.1 Å². The van der Waals surface area contributed by atoms with Gasteiger partial charge < -0.3 is 11.1 Å². The third-order valence-electron chi connectivity index (χ3n) is 2.88. The summed E-state index contributed by atoms with van der Waals surface area (Å²) in [6, 6.07) is 9.80. The van der Waals surface area contributed by atoms with Crippen molar-refractivity contribution in [1.29, 1.82) is 0 Å². The van der Waals surface area contributed by atoms with Crippen molar-refractivity contribution >= 4 is 39.7 Å². The summed E-state index contributed by atoms with van der Waals surface area (Å²) in [4.78, 5) is 8.33. The summed E-state index contributed by atoms with van der Waals surface area (Å²) in [6.07, 6.45) is 1.44. The SMILES string of the molecule is Nc1cccc2ncnc(Nc3ccc(F)c(Cl)c3)c12. The van der Waals surface area contributed by atoms with E-state index in [-0.39, 0.29) is 5.02 Å². The molecule has 0 amide bonds. The number of aromatic nitrogens is 2. The quantitative estimate of drug-likeness (QED) is 0.705. The molecule has 3 N–H and O–H groups in total. The Morgan fingerprint density at radius 1 is 1.15 bits per heavy atom. The summed E-state index contributed by atoms with van der Waals surface area (Å²) in [5, 5.41) is 3.83. The second-order valence-electron chi connectivity index (χ2n) is 4.22. The van der Waals surface area contributed by atoms with Crippen LogP contribution in [0.5, 0.6) is 0 Å². The Morgan fingerprint density at radius 3 is 2.80 bits per heavy atom. The van der Waals surface area contributed by atoms with Crippen LogP contribution in [0.3, 0.4) is 0 Å². The highest BCUT2D eigenvalue weighted by Gasteiger charge is 2.08. The first-order chi connectivity index (χ1) is 9.65. The molecule has 1 aromatic heterocycles. The zero-order valence-corrected chi connectivity index (χ0v) is 11.0. The second-order valence-corrected chi connectivity index (χ2v) is 4.62. The van der Waals surface area contributed by atoms with Crippen LogP contribution in [0.25, 0.3) is 10.9 Å². The molecule has 0 radical (unpaired) electrons. The molecule has 2 aromatic carbocycles. The van der Waals surface area contributed by atoms with E-state index in [0.29, 0.717) is 17.2 Å². The van der Waals surface area contributed by atoms with E-state index in [2.05, 4.69) is 15.3 Å². The molecule has 4 nitrogen and oxygen atoms in total. The maximum Gasteiger partial charge on any atom is 0.143 e. The number of fused-ring (bicyclic) bond motifs is 1. The van der Waals surface area contributed by atoms with Crippen molar-refractivity contribution in [2.24, 2.45) is 0 Å². The summed E-state index contributed by atoms with van der Waals surface area (Å²) in [5.41, 5.74) is 7.88. The van der Waals surface area contributed by atoms with E-state index in [0.717, 1.165) is 10.9 Å². The molecule has 3 aromatic rings. The third-order valence-corrected chi connectivity index (χ3v) is 3.17. The van der Waals surface area contributed by atoms with Gasteiger partial charge in [-0.05, 0) is 30.3 Å². The Balaban J connectivity index is 2.08. The fourth-order valence-corrected chi connectivity index (χ4v) is 2.12. The molecule has 0 fully saturated rings. The second kappa shape index (κ2) is 4.94. The number of hydrogen-bond acceptors (Lipinski definition) is 4. The Morgan fingerprint density at radius 2 is 2.00 bits per heavy atom. The van der Waals surface area contributed by atoms with E-state index in [1.54, 1.807) is 12.1 Å². The predicted octanol–water partition coefficient (Wildman–Crippen LogP) is 3.75. The van der Waals surface area contributed by atoms with E-state index in [4.69, 9.17) is 17.3 Å². The van der Waals surface area contributed by atoms with Gasteiger partial charge in [-0.1, -0.05) is 17.7 Å². The molecule has 0 saturated heterocycles. The van der Waals surface area contributed by atoms with Gasteiger partial charge in [-0.25, -0.2) is 14.4 Å². The van der Waals surface area contributed by atoms with Gasteiger partial charge >= 0.3 is 0 Å². The molecular weight excluding hydrogens is 279 g/mol. The maximum atomic E-state index is 13.1. The molecule has 3 rings (SSSR count). The molecule has 0 aliphatic carbocycles. The lowest BCUT2D eigenvalue weighted by molar-refractivity contribution is 0.628. The molecule has 0 aliphatic rings. The van der Waals surface area contributed by atoms with Crippen LogP contribution in [0.1, 0.15) is 0 Å². The van der Waals surface area contributed by atoms with Gasteiger partial charge in [0.1, 0.15) is 18.0 Å². The lowest BCUT2D eigenvalue weighted by Gasteiger charge is -2.10. The molecule has 20 heavy (non-hydrogen) atoms. The van der Waals surface area contributed by atoms with E-state index >= 15 is 0 Å². The van der Waals surface area contributed by atoms with Crippen molar-refractivity contribution in [3.05, 3.63) is 53.6 Å². The molecule has 0 spiro atoms. The van der Waals surface area contributed by atoms with Gasteiger partial charge in [0.25, 0.3) is 0 Å². The van der Waals surface area contributed by atoms with Crippen molar-refractivity contribution in [3.63, 3.8) is 0 Å². The van der Waals surface area contributed by atoms with Gasteiger partial charge in [-0.3, -0.25) is 0 Å². The van der Waals surface area contributed by atoms with Gasteiger partial charge in [-0.15, -0.1) is 0 Å². The molecule has 0 aliphatic heterocycles. The first-order valence-corrected chi connectivity index (χ1v) is 6.24. The Hall–Kier alpha value is -2.40. The summed E-state index contributed by atoms with van der Waals surface area (Å²) in [7, 11) is 0. The van der Waals surface area contributed by atoms with Crippen molar-refractivity contribution in [2.75, 3.05) is 11.1 Å². The van der Waals surface area contributed by atoms with Crippen molar-refractivity contribution in [2.45, 2.75) is 0 Å². The number of nitrogens with two attached hydrogens (primary N) is 1. The van der Waals surface area contributed by atoms with Crippen molar-refractivity contribution in [1.82, 2.24) is 9.97 Å². The van der Waals surface area contributed by atoms with Gasteiger partial charge in [-0.2, -0.15) is 0 Å². The number of halogens is 2. The van der Waals surface area contributed by atoms with E-state index in [1.165, 1.54) is 18.5 Å². The minimum atomic E-state index is -0.468. The third kappa shape index (κ3) is 2.23. The lowest BCUT2D eigenvalue weighted by atomic mass is 10.2. The summed E-state index contributed by atoms with van der Waals surface area (Å²) in [5.74, 6) is 0.0834. The average molecular weight is 289 g/mol. The fraction of sp³-hybridized carbons (Fsp3) is 0. The molecule has 1 heterocycles. The van der Waals surface area contributed by atoms with Gasteiger partial charge in [0, 0.05) is 11.4 Å². The molecule has 0 saturated carbocycles. The highest BCUT2D eigenvalue weighted by molar-refractivity contribution is 6.31. The minimum Gasteiger partial charge on any atom is -0.398 e. The Labute approximate surface area is 119 Å². The monoisotopic (exact) mass is 288 g/mol. The first-order valence-electron chi connectivity index (χ1n) is 5.86. The number of benzene rings is 2. The van der Waals surface area contributed by atoms with E-state index < -0.39 is 5.82 Å². The van der Waals surface area contributed by atoms with E-state index in [9.17, 15) is 4.39 Å². The lowest BCUT2D eigenvalue weighted by Crippen LogP contribution is -1.99. The zero-order valence-electron chi connectivity index (χ0n) is 10.3. The average Bonchev–Trinajstić information content (AvgIpc) is 2.43. The summed E-state index contributed by atoms with van der Waals surface area (Å²) < 4.78 is 13.1. The van der Waals surface area contributed by atoms with Crippen molar-refractivity contribution < 1.29 is 4.39 Å². The predicted molar refractivity (Wildman–Crippen MR) is 78.6 cm³/mol. The molecule has 0 unspecified atom stereocenters. The summed E-state index contributed by atoms with van der Waals surface area (Å²) >= 11 is 5.76.